The Kier molecular flexibility index (Phi) is 3.94. The first-order valence-electron chi connectivity index (χ1n) is 5.31. The number of carbonyl (C=O) groups is 1. The number of tetrazole rings is 1. The predicted molar refractivity (Wildman–Crippen MR) is 56.4 cm³/mol. The van der Waals surface area contributed by atoms with E-state index >= 15 is 0 Å². The summed E-state index contributed by atoms with van der Waals surface area (Å²) in [5.74, 6) is 1.34. The van der Waals surface area contributed by atoms with Crippen molar-refractivity contribution in [2.24, 2.45) is 11.8 Å². The Labute approximate surface area is 89.9 Å². The minimum atomic E-state index is -0.0903. The Morgan fingerprint density at radius 3 is 2.47 bits per heavy atom. The molecule has 0 aliphatic rings. The van der Waals surface area contributed by atoms with Gasteiger partial charge in [-0.1, -0.05) is 32.5 Å². The van der Waals surface area contributed by atoms with Crippen LogP contribution in [0, 0.1) is 11.8 Å². The van der Waals surface area contributed by atoms with Gasteiger partial charge in [-0.25, -0.2) is 0 Å². The van der Waals surface area contributed by atoms with Gasteiger partial charge in [0.25, 0.3) is 5.91 Å². The zero-order valence-corrected chi connectivity index (χ0v) is 9.77. The highest BCUT2D eigenvalue weighted by Crippen LogP contribution is 2.03. The van der Waals surface area contributed by atoms with Gasteiger partial charge in [0.1, 0.15) is 0 Å². The van der Waals surface area contributed by atoms with Crippen molar-refractivity contribution in [3.63, 3.8) is 0 Å². The van der Waals surface area contributed by atoms with Gasteiger partial charge in [0.15, 0.2) is 5.82 Å². The molecule has 0 bridgehead atoms. The lowest BCUT2D eigenvalue weighted by Gasteiger charge is -2.00. The summed E-state index contributed by atoms with van der Waals surface area (Å²) in [7, 11) is 0. The van der Waals surface area contributed by atoms with Crippen LogP contribution in [0.4, 0.5) is 0 Å². The molecule has 0 N–H and O–H groups in total. The van der Waals surface area contributed by atoms with Gasteiger partial charge in [0.2, 0.25) is 0 Å². The fourth-order valence-corrected chi connectivity index (χ4v) is 1.23. The summed E-state index contributed by atoms with van der Waals surface area (Å²) in [5.41, 5.74) is 0. The fraction of sp³-hybridized carbons (Fsp3) is 0.800. The monoisotopic (exact) mass is 210 g/mol. The number of carbonyl (C=O) groups excluding carboxylic acids is 1. The van der Waals surface area contributed by atoms with E-state index in [1.807, 2.05) is 13.8 Å². The van der Waals surface area contributed by atoms with Gasteiger partial charge in [-0.05, 0) is 17.0 Å². The van der Waals surface area contributed by atoms with Crippen LogP contribution >= 0.6 is 0 Å². The number of aromatic nitrogens is 4. The molecule has 5 heteroatoms. The standard InChI is InChI=1S/C10H18N4O/c1-7(2)5-9-11-13-14(12-9)10(15)6-8(3)4/h7-8H,5-6H2,1-4H3. The van der Waals surface area contributed by atoms with Crippen LogP contribution in [0.25, 0.3) is 0 Å². The lowest BCUT2D eigenvalue weighted by molar-refractivity contribution is 0.0848. The smallest absolute Gasteiger partial charge is 0.266 e. The summed E-state index contributed by atoms with van der Waals surface area (Å²) in [6, 6.07) is 0. The van der Waals surface area contributed by atoms with E-state index in [0.717, 1.165) is 11.2 Å². The van der Waals surface area contributed by atoms with Gasteiger partial charge in [-0.3, -0.25) is 4.79 Å². The second-order valence-electron chi connectivity index (χ2n) is 4.58. The second kappa shape index (κ2) is 5.00. The largest absolute Gasteiger partial charge is 0.271 e. The van der Waals surface area contributed by atoms with Crippen molar-refractivity contribution in [3.8, 4) is 0 Å². The maximum absolute atomic E-state index is 11.6. The zero-order valence-electron chi connectivity index (χ0n) is 9.77. The molecule has 15 heavy (non-hydrogen) atoms. The van der Waals surface area contributed by atoms with E-state index < -0.39 is 0 Å². The van der Waals surface area contributed by atoms with Crippen molar-refractivity contribution < 1.29 is 4.79 Å². The van der Waals surface area contributed by atoms with E-state index in [9.17, 15) is 4.79 Å². The van der Waals surface area contributed by atoms with Crippen molar-refractivity contribution in [2.75, 3.05) is 0 Å². The van der Waals surface area contributed by atoms with Gasteiger partial charge in [-0.2, -0.15) is 0 Å². The van der Waals surface area contributed by atoms with Crippen molar-refractivity contribution in [1.29, 1.82) is 0 Å². The topological polar surface area (TPSA) is 60.7 Å². The molecule has 0 amide bonds. The van der Waals surface area contributed by atoms with Crippen LogP contribution in [0.5, 0.6) is 0 Å². The van der Waals surface area contributed by atoms with Crippen LogP contribution in [0.15, 0.2) is 0 Å². The first-order chi connectivity index (χ1) is 6.99. The van der Waals surface area contributed by atoms with Gasteiger partial charge >= 0.3 is 0 Å². The normalized spacial score (nSPS) is 11.3. The van der Waals surface area contributed by atoms with Crippen molar-refractivity contribution in [2.45, 2.75) is 40.5 Å². The van der Waals surface area contributed by atoms with Crippen LogP contribution in [-0.4, -0.2) is 26.1 Å². The molecule has 1 aromatic heterocycles. The van der Waals surface area contributed by atoms with E-state index in [-0.39, 0.29) is 5.91 Å². The first-order valence-corrected chi connectivity index (χ1v) is 5.31. The third-order valence-electron chi connectivity index (χ3n) is 1.85. The van der Waals surface area contributed by atoms with Crippen molar-refractivity contribution in [3.05, 3.63) is 5.82 Å². The quantitative estimate of drug-likeness (QED) is 0.756. The number of rotatable bonds is 4. The molecule has 5 nitrogen and oxygen atoms in total. The predicted octanol–water partition coefficient (Wildman–Crippen LogP) is 1.56. The van der Waals surface area contributed by atoms with Crippen LogP contribution in [0.1, 0.15) is 44.7 Å². The van der Waals surface area contributed by atoms with E-state index in [1.54, 1.807) is 0 Å². The summed E-state index contributed by atoms with van der Waals surface area (Å²) in [4.78, 5) is 12.7. The minimum absolute atomic E-state index is 0.0903. The molecule has 0 atom stereocenters. The Morgan fingerprint density at radius 1 is 1.27 bits per heavy atom. The molecule has 1 heterocycles. The molecule has 0 unspecified atom stereocenters. The molecular formula is C10H18N4O. The molecule has 0 spiro atoms. The third-order valence-corrected chi connectivity index (χ3v) is 1.85. The molecule has 0 aliphatic carbocycles. The summed E-state index contributed by atoms with van der Waals surface area (Å²) in [6.07, 6.45) is 1.21. The molecule has 0 saturated heterocycles. The lowest BCUT2D eigenvalue weighted by Crippen LogP contribution is -2.16. The second-order valence-corrected chi connectivity index (χ2v) is 4.58. The third kappa shape index (κ3) is 3.77. The van der Waals surface area contributed by atoms with Crippen molar-refractivity contribution in [1.82, 2.24) is 20.2 Å². The van der Waals surface area contributed by atoms with Crippen LogP contribution in [0.3, 0.4) is 0 Å². The molecular weight excluding hydrogens is 192 g/mol. The fourth-order valence-electron chi connectivity index (χ4n) is 1.23. The van der Waals surface area contributed by atoms with E-state index in [2.05, 4.69) is 29.3 Å². The molecule has 0 radical (unpaired) electrons. The number of hydrogen-bond donors (Lipinski definition) is 0. The molecule has 84 valence electrons. The van der Waals surface area contributed by atoms with Crippen molar-refractivity contribution >= 4 is 5.91 Å². The molecule has 0 aromatic carbocycles. The maximum atomic E-state index is 11.6. The summed E-state index contributed by atoms with van der Waals surface area (Å²) < 4.78 is 0. The Morgan fingerprint density at radius 2 is 1.93 bits per heavy atom. The summed E-state index contributed by atoms with van der Waals surface area (Å²) in [5, 5.41) is 11.6. The maximum Gasteiger partial charge on any atom is 0.266 e. The van der Waals surface area contributed by atoms with Gasteiger partial charge in [0, 0.05) is 12.8 Å². The molecule has 0 fully saturated rings. The average molecular weight is 210 g/mol. The molecule has 0 aliphatic heterocycles. The van der Waals surface area contributed by atoms with E-state index in [1.165, 1.54) is 0 Å². The molecule has 1 aromatic rings. The van der Waals surface area contributed by atoms with Gasteiger partial charge in [-0.15, -0.1) is 10.2 Å². The Balaban J connectivity index is 2.63. The number of hydrogen-bond acceptors (Lipinski definition) is 4. The Hall–Kier alpha value is -1.26. The highest BCUT2D eigenvalue weighted by atomic mass is 16.2. The summed E-state index contributed by atoms with van der Waals surface area (Å²) in [6.45, 7) is 8.14. The first kappa shape index (κ1) is 11.8. The Bertz CT molecular complexity index is 330. The van der Waals surface area contributed by atoms with Gasteiger partial charge < -0.3 is 0 Å². The van der Waals surface area contributed by atoms with Crippen LogP contribution in [0.2, 0.25) is 0 Å². The van der Waals surface area contributed by atoms with Crippen LogP contribution < -0.4 is 0 Å². The minimum Gasteiger partial charge on any atom is -0.271 e. The number of nitrogens with zero attached hydrogens (tertiary/aromatic N) is 4. The van der Waals surface area contributed by atoms with E-state index in [0.29, 0.717) is 24.1 Å². The highest BCUT2D eigenvalue weighted by molar-refractivity contribution is 5.76. The average Bonchev–Trinajstić information content (AvgIpc) is 2.50. The lowest BCUT2D eigenvalue weighted by atomic mass is 10.1. The van der Waals surface area contributed by atoms with Gasteiger partial charge in [0.05, 0.1) is 0 Å². The zero-order chi connectivity index (χ0) is 11.4. The summed E-state index contributed by atoms with van der Waals surface area (Å²) >= 11 is 0. The highest BCUT2D eigenvalue weighted by Gasteiger charge is 2.12. The SMILES string of the molecule is CC(C)CC(=O)n1nnc(CC(C)C)n1. The molecule has 0 saturated carbocycles. The molecule has 1 rings (SSSR count). The van der Waals surface area contributed by atoms with E-state index in [4.69, 9.17) is 0 Å². The van der Waals surface area contributed by atoms with Crippen LogP contribution in [-0.2, 0) is 6.42 Å².